The van der Waals surface area contributed by atoms with Gasteiger partial charge in [-0.05, 0) is 43.2 Å². The molecule has 1 aliphatic heterocycles. The Bertz CT molecular complexity index is 972. The summed E-state index contributed by atoms with van der Waals surface area (Å²) in [6.45, 7) is 4.28. The Morgan fingerprint density at radius 3 is 2.72 bits per heavy atom. The van der Waals surface area contributed by atoms with E-state index in [1.54, 1.807) is 18.5 Å². The van der Waals surface area contributed by atoms with E-state index in [0.717, 1.165) is 42.2 Å². The first-order valence-corrected chi connectivity index (χ1v) is 9.40. The molecule has 1 fully saturated rings. The Morgan fingerprint density at radius 2 is 1.97 bits per heavy atom. The van der Waals surface area contributed by atoms with Gasteiger partial charge in [-0.3, -0.25) is 9.88 Å². The van der Waals surface area contributed by atoms with Crippen molar-refractivity contribution in [2.45, 2.75) is 32.3 Å². The highest BCUT2D eigenvalue weighted by atomic mass is 19.4. The summed E-state index contributed by atoms with van der Waals surface area (Å²) in [5.41, 5.74) is 2.90. The number of aryl methyl sites for hydroxylation is 1. The van der Waals surface area contributed by atoms with E-state index < -0.39 is 6.36 Å². The van der Waals surface area contributed by atoms with Crippen LogP contribution < -0.4 is 4.74 Å². The van der Waals surface area contributed by atoms with Crippen LogP contribution in [0.1, 0.15) is 23.7 Å². The molecule has 5 nitrogen and oxygen atoms in total. The SMILES string of the molecule is Cc1cnc(-c2ccncc2)n1C1CCN(Cc2cccc(OC(F)(F)F)c2)C1. The van der Waals surface area contributed by atoms with E-state index in [-0.39, 0.29) is 11.8 Å². The summed E-state index contributed by atoms with van der Waals surface area (Å²) in [5, 5.41) is 0. The Morgan fingerprint density at radius 1 is 1.17 bits per heavy atom. The molecular formula is C21H21F3N4O. The molecule has 0 spiro atoms. The second-order valence-corrected chi connectivity index (χ2v) is 7.20. The van der Waals surface area contributed by atoms with E-state index in [1.807, 2.05) is 31.3 Å². The first-order chi connectivity index (χ1) is 13.9. The third-order valence-electron chi connectivity index (χ3n) is 5.07. The fraction of sp³-hybridized carbons (Fsp3) is 0.333. The van der Waals surface area contributed by atoms with Crippen LogP contribution in [-0.4, -0.2) is 38.9 Å². The predicted octanol–water partition coefficient (Wildman–Crippen LogP) is 4.60. The summed E-state index contributed by atoms with van der Waals surface area (Å²) < 4.78 is 43.6. The van der Waals surface area contributed by atoms with Crippen molar-refractivity contribution < 1.29 is 17.9 Å². The van der Waals surface area contributed by atoms with Gasteiger partial charge in [0.05, 0.1) is 0 Å². The van der Waals surface area contributed by atoms with Gasteiger partial charge in [-0.15, -0.1) is 13.2 Å². The summed E-state index contributed by atoms with van der Waals surface area (Å²) in [7, 11) is 0. The van der Waals surface area contributed by atoms with E-state index in [1.165, 1.54) is 12.1 Å². The van der Waals surface area contributed by atoms with Gasteiger partial charge in [-0.2, -0.15) is 0 Å². The highest BCUT2D eigenvalue weighted by Gasteiger charge is 2.31. The van der Waals surface area contributed by atoms with Crippen molar-refractivity contribution in [1.29, 1.82) is 0 Å². The molecule has 8 heteroatoms. The molecule has 0 amide bonds. The van der Waals surface area contributed by atoms with Gasteiger partial charge in [0.2, 0.25) is 0 Å². The van der Waals surface area contributed by atoms with Crippen molar-refractivity contribution in [3.63, 3.8) is 0 Å². The maximum absolute atomic E-state index is 12.5. The smallest absolute Gasteiger partial charge is 0.406 e. The summed E-state index contributed by atoms with van der Waals surface area (Å²) >= 11 is 0. The number of pyridine rings is 1. The highest BCUT2D eigenvalue weighted by molar-refractivity contribution is 5.55. The van der Waals surface area contributed by atoms with Crippen molar-refractivity contribution in [1.82, 2.24) is 19.4 Å². The standard InChI is InChI=1S/C21H21F3N4O/c1-15-12-26-20(17-5-8-25-9-6-17)28(15)18-7-10-27(14-18)13-16-3-2-4-19(11-16)29-21(22,23)24/h2-6,8-9,11-12,18H,7,10,13-14H2,1H3. The van der Waals surface area contributed by atoms with Gasteiger partial charge in [-0.25, -0.2) is 4.98 Å². The lowest BCUT2D eigenvalue weighted by atomic mass is 10.2. The van der Waals surface area contributed by atoms with Crippen LogP contribution in [-0.2, 0) is 6.54 Å². The second-order valence-electron chi connectivity index (χ2n) is 7.20. The van der Waals surface area contributed by atoms with E-state index in [0.29, 0.717) is 6.54 Å². The van der Waals surface area contributed by atoms with E-state index in [2.05, 4.69) is 24.2 Å². The first-order valence-electron chi connectivity index (χ1n) is 9.40. The molecule has 4 rings (SSSR count). The molecule has 1 unspecified atom stereocenters. The van der Waals surface area contributed by atoms with Crippen molar-refractivity contribution in [2.24, 2.45) is 0 Å². The maximum Gasteiger partial charge on any atom is 0.573 e. The molecule has 1 aromatic carbocycles. The molecule has 0 aliphatic carbocycles. The zero-order valence-electron chi connectivity index (χ0n) is 15.9. The van der Waals surface area contributed by atoms with Crippen LogP contribution in [0.5, 0.6) is 5.75 Å². The fourth-order valence-electron chi connectivity index (χ4n) is 3.89. The van der Waals surface area contributed by atoms with Gasteiger partial charge >= 0.3 is 6.36 Å². The summed E-state index contributed by atoms with van der Waals surface area (Å²) in [6, 6.07) is 10.3. The molecule has 0 radical (unpaired) electrons. The Balaban J connectivity index is 1.47. The minimum absolute atomic E-state index is 0.184. The minimum atomic E-state index is -4.68. The number of rotatable bonds is 5. The predicted molar refractivity (Wildman–Crippen MR) is 102 cm³/mol. The Labute approximate surface area is 166 Å². The number of aromatic nitrogens is 3. The largest absolute Gasteiger partial charge is 0.573 e. The zero-order valence-corrected chi connectivity index (χ0v) is 15.9. The molecule has 1 saturated heterocycles. The third kappa shape index (κ3) is 4.59. The van der Waals surface area contributed by atoms with Crippen LogP contribution in [0, 0.1) is 6.92 Å². The normalized spacial score (nSPS) is 17.6. The van der Waals surface area contributed by atoms with Gasteiger partial charge in [0.15, 0.2) is 0 Å². The lowest BCUT2D eigenvalue weighted by Crippen LogP contribution is -2.22. The molecule has 29 heavy (non-hydrogen) atoms. The molecule has 1 aliphatic rings. The van der Waals surface area contributed by atoms with Gasteiger partial charge in [0.25, 0.3) is 0 Å². The van der Waals surface area contributed by atoms with Gasteiger partial charge in [0, 0.05) is 55.5 Å². The minimum Gasteiger partial charge on any atom is -0.406 e. The maximum atomic E-state index is 12.5. The van der Waals surface area contributed by atoms with Crippen molar-refractivity contribution in [3.8, 4) is 17.1 Å². The summed E-state index contributed by atoms with van der Waals surface area (Å²) in [4.78, 5) is 10.9. The van der Waals surface area contributed by atoms with Crippen LogP contribution in [0.2, 0.25) is 0 Å². The quantitative estimate of drug-likeness (QED) is 0.626. The Kier molecular flexibility index (Phi) is 5.27. The average Bonchev–Trinajstić information content (AvgIpc) is 3.27. The number of ether oxygens (including phenoxy) is 1. The second kappa shape index (κ2) is 7.87. The van der Waals surface area contributed by atoms with E-state index in [4.69, 9.17) is 0 Å². The fourth-order valence-corrected chi connectivity index (χ4v) is 3.89. The average molecular weight is 402 g/mol. The van der Waals surface area contributed by atoms with Crippen LogP contribution in [0.25, 0.3) is 11.4 Å². The number of hydrogen-bond acceptors (Lipinski definition) is 4. The number of alkyl halides is 3. The van der Waals surface area contributed by atoms with Gasteiger partial charge in [0.1, 0.15) is 11.6 Å². The van der Waals surface area contributed by atoms with Crippen LogP contribution in [0.15, 0.2) is 55.0 Å². The third-order valence-corrected chi connectivity index (χ3v) is 5.07. The first kappa shape index (κ1) is 19.4. The number of benzene rings is 1. The monoisotopic (exact) mass is 402 g/mol. The van der Waals surface area contributed by atoms with E-state index in [9.17, 15) is 13.2 Å². The topological polar surface area (TPSA) is 43.2 Å². The van der Waals surface area contributed by atoms with Crippen LogP contribution >= 0.6 is 0 Å². The lowest BCUT2D eigenvalue weighted by Gasteiger charge is -2.20. The molecule has 0 saturated carbocycles. The molecule has 3 heterocycles. The number of imidazole rings is 1. The highest BCUT2D eigenvalue weighted by Crippen LogP contribution is 2.31. The molecule has 3 aromatic rings. The van der Waals surface area contributed by atoms with Crippen molar-refractivity contribution in [2.75, 3.05) is 13.1 Å². The number of halogens is 3. The summed E-state index contributed by atoms with van der Waals surface area (Å²) in [6.07, 6.45) is 1.64. The van der Waals surface area contributed by atoms with Gasteiger partial charge < -0.3 is 9.30 Å². The number of likely N-dealkylation sites (tertiary alicyclic amines) is 1. The molecule has 0 bridgehead atoms. The molecule has 2 aromatic heterocycles. The van der Waals surface area contributed by atoms with Crippen molar-refractivity contribution in [3.05, 3.63) is 66.2 Å². The molecule has 152 valence electrons. The van der Waals surface area contributed by atoms with Gasteiger partial charge in [-0.1, -0.05) is 12.1 Å². The molecule has 0 N–H and O–H groups in total. The molecular weight excluding hydrogens is 381 g/mol. The number of hydrogen-bond donors (Lipinski definition) is 0. The van der Waals surface area contributed by atoms with E-state index >= 15 is 0 Å². The zero-order chi connectivity index (χ0) is 20.4. The lowest BCUT2D eigenvalue weighted by molar-refractivity contribution is -0.274. The molecule has 1 atom stereocenters. The van der Waals surface area contributed by atoms with Crippen LogP contribution in [0.3, 0.4) is 0 Å². The summed E-state index contributed by atoms with van der Waals surface area (Å²) in [5.74, 6) is 0.730. The van der Waals surface area contributed by atoms with Crippen LogP contribution in [0.4, 0.5) is 13.2 Å². The number of nitrogens with zero attached hydrogens (tertiary/aromatic N) is 4. The van der Waals surface area contributed by atoms with Crippen molar-refractivity contribution >= 4 is 0 Å². The Hall–Kier alpha value is -2.87.